The minimum atomic E-state index is -3.79. The summed E-state index contributed by atoms with van der Waals surface area (Å²) in [5.74, 6) is 0.263. The molecule has 0 saturated carbocycles. The SMILES string of the molecule is CC(=Nc1cc(NS(=O)(=O)c2ccccc2)cc(Cl)c1O)Nc1ccccc1. The van der Waals surface area contributed by atoms with Gasteiger partial charge in [0.25, 0.3) is 10.0 Å². The topological polar surface area (TPSA) is 90.8 Å². The highest BCUT2D eigenvalue weighted by Crippen LogP contribution is 2.38. The maximum Gasteiger partial charge on any atom is 0.261 e. The molecule has 0 saturated heterocycles. The number of hydrogen-bond donors (Lipinski definition) is 3. The molecule has 3 rings (SSSR count). The molecule has 0 amide bonds. The molecular weight excluding hydrogens is 398 g/mol. The van der Waals surface area contributed by atoms with Crippen molar-refractivity contribution in [2.45, 2.75) is 11.8 Å². The van der Waals surface area contributed by atoms with E-state index in [2.05, 4.69) is 15.0 Å². The molecule has 8 heteroatoms. The molecule has 0 radical (unpaired) electrons. The highest BCUT2D eigenvalue weighted by atomic mass is 35.5. The van der Waals surface area contributed by atoms with Crippen LogP contribution in [0, 0.1) is 0 Å². The number of phenolic OH excluding ortho intramolecular Hbond substituents is 1. The molecule has 6 nitrogen and oxygen atoms in total. The van der Waals surface area contributed by atoms with E-state index in [9.17, 15) is 13.5 Å². The summed E-state index contributed by atoms with van der Waals surface area (Å²) < 4.78 is 27.5. The second-order valence-corrected chi connectivity index (χ2v) is 8.02. The van der Waals surface area contributed by atoms with Gasteiger partial charge in [-0.15, -0.1) is 0 Å². The van der Waals surface area contributed by atoms with Crippen LogP contribution in [-0.4, -0.2) is 19.4 Å². The van der Waals surface area contributed by atoms with E-state index < -0.39 is 10.0 Å². The Labute approximate surface area is 168 Å². The maximum atomic E-state index is 12.5. The number of anilines is 2. The van der Waals surface area contributed by atoms with E-state index in [4.69, 9.17) is 11.6 Å². The molecule has 0 bridgehead atoms. The average molecular weight is 416 g/mol. The molecule has 3 aromatic rings. The van der Waals surface area contributed by atoms with Gasteiger partial charge in [-0.1, -0.05) is 48.0 Å². The van der Waals surface area contributed by atoms with Crippen molar-refractivity contribution in [1.29, 1.82) is 0 Å². The second-order valence-electron chi connectivity index (χ2n) is 5.93. The lowest BCUT2D eigenvalue weighted by Crippen LogP contribution is -2.12. The molecule has 0 aliphatic heterocycles. The first-order valence-electron chi connectivity index (χ1n) is 8.33. The van der Waals surface area contributed by atoms with Gasteiger partial charge in [-0.05, 0) is 43.3 Å². The van der Waals surface area contributed by atoms with Gasteiger partial charge in [0.05, 0.1) is 15.6 Å². The standard InChI is InChI=1S/C20H18ClN3O3S/c1-14(22-15-8-4-2-5-9-15)23-19-13-16(12-18(21)20(19)25)24-28(26,27)17-10-6-3-7-11-17/h2-13,24-25H,1H3,(H,22,23). The summed E-state index contributed by atoms with van der Waals surface area (Å²) in [6.45, 7) is 1.72. The molecule has 144 valence electrons. The van der Waals surface area contributed by atoms with Gasteiger partial charge in [0, 0.05) is 5.69 Å². The fourth-order valence-electron chi connectivity index (χ4n) is 2.48. The van der Waals surface area contributed by atoms with Crippen molar-refractivity contribution in [2.24, 2.45) is 4.99 Å². The van der Waals surface area contributed by atoms with E-state index in [-0.39, 0.29) is 27.0 Å². The lowest BCUT2D eigenvalue weighted by atomic mass is 10.2. The molecule has 0 spiro atoms. The van der Waals surface area contributed by atoms with E-state index in [1.165, 1.54) is 24.3 Å². The number of nitrogens with zero attached hydrogens (tertiary/aromatic N) is 1. The molecule has 0 fully saturated rings. The highest BCUT2D eigenvalue weighted by molar-refractivity contribution is 7.92. The zero-order valence-corrected chi connectivity index (χ0v) is 16.5. The van der Waals surface area contributed by atoms with Crippen LogP contribution in [-0.2, 0) is 10.0 Å². The number of amidine groups is 1. The van der Waals surface area contributed by atoms with E-state index in [0.717, 1.165) is 5.69 Å². The van der Waals surface area contributed by atoms with Crippen LogP contribution in [0.15, 0.2) is 82.7 Å². The van der Waals surface area contributed by atoms with Gasteiger partial charge in [0.1, 0.15) is 11.5 Å². The molecule has 0 unspecified atom stereocenters. The quantitative estimate of drug-likeness (QED) is 0.310. The highest BCUT2D eigenvalue weighted by Gasteiger charge is 2.16. The fraction of sp³-hybridized carbons (Fsp3) is 0.0500. The van der Waals surface area contributed by atoms with E-state index in [1.807, 2.05) is 30.3 Å². The first-order chi connectivity index (χ1) is 13.3. The van der Waals surface area contributed by atoms with Crippen LogP contribution in [0.3, 0.4) is 0 Å². The number of benzene rings is 3. The number of rotatable bonds is 5. The number of hydrogen-bond acceptors (Lipinski definition) is 4. The van der Waals surface area contributed by atoms with E-state index in [0.29, 0.717) is 5.84 Å². The predicted octanol–water partition coefficient (Wildman–Crippen LogP) is 5.01. The Bertz CT molecular complexity index is 1100. The Kier molecular flexibility index (Phi) is 5.87. The molecule has 0 aliphatic rings. The Morgan fingerprint density at radius 2 is 1.57 bits per heavy atom. The maximum absolute atomic E-state index is 12.5. The van der Waals surface area contributed by atoms with Gasteiger partial charge in [0.15, 0.2) is 5.75 Å². The van der Waals surface area contributed by atoms with E-state index in [1.54, 1.807) is 25.1 Å². The van der Waals surface area contributed by atoms with Gasteiger partial charge in [-0.2, -0.15) is 0 Å². The fourth-order valence-corrected chi connectivity index (χ4v) is 3.76. The number of sulfonamides is 1. The molecule has 0 aromatic heterocycles. The summed E-state index contributed by atoms with van der Waals surface area (Å²) in [5.41, 5.74) is 1.16. The minimum Gasteiger partial charge on any atom is -0.504 e. The second kappa shape index (κ2) is 8.33. The van der Waals surface area contributed by atoms with Crippen molar-refractivity contribution >= 4 is 44.5 Å². The largest absolute Gasteiger partial charge is 0.504 e. The van der Waals surface area contributed by atoms with Crippen LogP contribution in [0.25, 0.3) is 0 Å². The van der Waals surface area contributed by atoms with Gasteiger partial charge in [0.2, 0.25) is 0 Å². The Morgan fingerprint density at radius 3 is 2.21 bits per heavy atom. The van der Waals surface area contributed by atoms with Crippen molar-refractivity contribution in [2.75, 3.05) is 10.0 Å². The van der Waals surface area contributed by atoms with Crippen LogP contribution in [0.4, 0.5) is 17.1 Å². The Morgan fingerprint density at radius 1 is 0.964 bits per heavy atom. The predicted molar refractivity (Wildman–Crippen MR) is 113 cm³/mol. The van der Waals surface area contributed by atoms with Crippen LogP contribution >= 0.6 is 11.6 Å². The monoisotopic (exact) mass is 415 g/mol. The molecule has 0 atom stereocenters. The van der Waals surface area contributed by atoms with Crippen molar-refractivity contribution in [3.63, 3.8) is 0 Å². The van der Waals surface area contributed by atoms with Crippen LogP contribution in [0.1, 0.15) is 6.92 Å². The van der Waals surface area contributed by atoms with Gasteiger partial charge < -0.3 is 10.4 Å². The zero-order valence-electron chi connectivity index (χ0n) is 14.9. The summed E-state index contributed by atoms with van der Waals surface area (Å²) >= 11 is 6.06. The summed E-state index contributed by atoms with van der Waals surface area (Å²) in [6.07, 6.45) is 0. The molecule has 0 aliphatic carbocycles. The first kappa shape index (κ1) is 19.7. The van der Waals surface area contributed by atoms with Gasteiger partial charge in [-0.25, -0.2) is 13.4 Å². The molecular formula is C20H18ClN3O3S. The Hall–Kier alpha value is -3.03. The third kappa shape index (κ3) is 4.82. The average Bonchev–Trinajstić information content (AvgIpc) is 2.67. The lowest BCUT2D eigenvalue weighted by Gasteiger charge is -2.11. The smallest absolute Gasteiger partial charge is 0.261 e. The summed E-state index contributed by atoms with van der Waals surface area (Å²) in [5, 5.41) is 13.3. The lowest BCUT2D eigenvalue weighted by molar-refractivity contribution is 0.477. The number of phenols is 1. The molecule has 3 aromatic carbocycles. The number of para-hydroxylation sites is 1. The number of halogens is 1. The minimum absolute atomic E-state index is 0.0143. The van der Waals surface area contributed by atoms with Crippen molar-refractivity contribution in [3.8, 4) is 5.75 Å². The molecule has 28 heavy (non-hydrogen) atoms. The summed E-state index contributed by atoms with van der Waals surface area (Å²) in [6, 6.07) is 20.1. The number of aromatic hydroxyl groups is 1. The van der Waals surface area contributed by atoms with Crippen LogP contribution in [0.5, 0.6) is 5.75 Å². The van der Waals surface area contributed by atoms with Gasteiger partial charge >= 0.3 is 0 Å². The summed E-state index contributed by atoms with van der Waals surface area (Å²) in [4.78, 5) is 4.43. The van der Waals surface area contributed by atoms with Crippen molar-refractivity contribution in [1.82, 2.24) is 0 Å². The summed E-state index contributed by atoms with van der Waals surface area (Å²) in [7, 11) is -3.79. The molecule has 3 N–H and O–H groups in total. The van der Waals surface area contributed by atoms with Gasteiger partial charge in [-0.3, -0.25) is 4.72 Å². The third-order valence-electron chi connectivity index (χ3n) is 3.74. The third-order valence-corrected chi connectivity index (χ3v) is 5.42. The first-order valence-corrected chi connectivity index (χ1v) is 10.2. The molecule has 0 heterocycles. The number of aliphatic imine (C=N–C) groups is 1. The Balaban J connectivity index is 1.89. The normalized spacial score (nSPS) is 11.9. The van der Waals surface area contributed by atoms with Crippen molar-refractivity contribution < 1.29 is 13.5 Å². The number of nitrogens with one attached hydrogen (secondary N) is 2. The van der Waals surface area contributed by atoms with E-state index >= 15 is 0 Å². The van der Waals surface area contributed by atoms with Crippen LogP contribution in [0.2, 0.25) is 5.02 Å². The van der Waals surface area contributed by atoms with Crippen molar-refractivity contribution in [3.05, 3.63) is 77.8 Å². The van der Waals surface area contributed by atoms with Crippen LogP contribution < -0.4 is 10.0 Å². The zero-order chi connectivity index (χ0) is 20.1.